The quantitative estimate of drug-likeness (QED) is 0.907. The lowest BCUT2D eigenvalue weighted by Gasteiger charge is -2.12. The molecule has 2 heterocycles. The summed E-state index contributed by atoms with van der Waals surface area (Å²) in [6.45, 7) is 1.95. The van der Waals surface area contributed by atoms with Crippen LogP contribution in [0.15, 0.2) is 24.5 Å². The van der Waals surface area contributed by atoms with Crippen LogP contribution < -0.4 is 5.73 Å². The predicted octanol–water partition coefficient (Wildman–Crippen LogP) is 2.02. The summed E-state index contributed by atoms with van der Waals surface area (Å²) >= 11 is 6.06. The fourth-order valence-electron chi connectivity index (χ4n) is 1.89. The van der Waals surface area contributed by atoms with Gasteiger partial charge in [-0.3, -0.25) is 9.67 Å². The summed E-state index contributed by atoms with van der Waals surface area (Å²) in [6, 6.07) is 3.78. The molecule has 2 rings (SSSR count). The third kappa shape index (κ3) is 2.65. The number of aryl methyl sites for hydroxylation is 2. The van der Waals surface area contributed by atoms with Crippen LogP contribution in [0.2, 0.25) is 5.02 Å². The molecule has 5 heteroatoms. The Hall–Kier alpha value is -1.39. The summed E-state index contributed by atoms with van der Waals surface area (Å²) in [4.78, 5) is 3.96. The highest BCUT2D eigenvalue weighted by Gasteiger charge is 2.13. The van der Waals surface area contributed by atoms with E-state index in [0.717, 1.165) is 17.0 Å². The number of nitrogens with two attached hydrogens (primary N) is 1. The molecular weight excluding hydrogens is 236 g/mol. The van der Waals surface area contributed by atoms with Crippen molar-refractivity contribution < 1.29 is 0 Å². The Bertz CT molecular complexity index is 521. The van der Waals surface area contributed by atoms with Gasteiger partial charge in [-0.05, 0) is 31.0 Å². The lowest BCUT2D eigenvalue weighted by Crippen LogP contribution is -2.17. The molecule has 0 aliphatic carbocycles. The summed E-state index contributed by atoms with van der Waals surface area (Å²) in [5.74, 6) is 0. The van der Waals surface area contributed by atoms with Crippen LogP contribution in [0.1, 0.15) is 23.0 Å². The van der Waals surface area contributed by atoms with Gasteiger partial charge in [-0.1, -0.05) is 11.6 Å². The number of rotatable bonds is 3. The van der Waals surface area contributed by atoms with Crippen molar-refractivity contribution in [2.45, 2.75) is 19.4 Å². The zero-order valence-electron chi connectivity index (χ0n) is 9.89. The maximum atomic E-state index is 6.17. The van der Waals surface area contributed by atoms with Gasteiger partial charge in [-0.15, -0.1) is 0 Å². The van der Waals surface area contributed by atoms with Gasteiger partial charge in [0.15, 0.2) is 0 Å². The van der Waals surface area contributed by atoms with E-state index in [0.29, 0.717) is 11.4 Å². The third-order valence-electron chi connectivity index (χ3n) is 2.71. The third-order valence-corrected chi connectivity index (χ3v) is 3.05. The molecule has 2 aromatic heterocycles. The van der Waals surface area contributed by atoms with E-state index < -0.39 is 0 Å². The molecule has 0 amide bonds. The van der Waals surface area contributed by atoms with Crippen LogP contribution in [0.3, 0.4) is 0 Å². The van der Waals surface area contributed by atoms with E-state index in [-0.39, 0.29) is 6.04 Å². The van der Waals surface area contributed by atoms with E-state index >= 15 is 0 Å². The van der Waals surface area contributed by atoms with Crippen LogP contribution in [0.25, 0.3) is 0 Å². The number of aromatic nitrogens is 3. The van der Waals surface area contributed by atoms with Crippen molar-refractivity contribution in [1.29, 1.82) is 0 Å². The molecule has 1 atom stereocenters. The Morgan fingerprint density at radius 2 is 2.29 bits per heavy atom. The van der Waals surface area contributed by atoms with Gasteiger partial charge >= 0.3 is 0 Å². The summed E-state index contributed by atoms with van der Waals surface area (Å²) in [5.41, 5.74) is 9.16. The van der Waals surface area contributed by atoms with Gasteiger partial charge in [-0.2, -0.15) is 5.10 Å². The van der Waals surface area contributed by atoms with Gasteiger partial charge in [0.2, 0.25) is 0 Å². The number of halogens is 1. The van der Waals surface area contributed by atoms with E-state index in [1.54, 1.807) is 12.4 Å². The molecule has 17 heavy (non-hydrogen) atoms. The molecule has 2 aromatic rings. The minimum absolute atomic E-state index is 0.110. The Balaban J connectivity index is 2.20. The Kier molecular flexibility index (Phi) is 3.45. The Morgan fingerprint density at radius 3 is 2.88 bits per heavy atom. The Morgan fingerprint density at radius 1 is 1.53 bits per heavy atom. The molecule has 2 N–H and O–H groups in total. The molecule has 0 spiro atoms. The van der Waals surface area contributed by atoms with Gasteiger partial charge < -0.3 is 5.73 Å². The molecule has 0 bridgehead atoms. The van der Waals surface area contributed by atoms with Crippen LogP contribution in [-0.2, 0) is 13.5 Å². The van der Waals surface area contributed by atoms with E-state index in [9.17, 15) is 0 Å². The summed E-state index contributed by atoms with van der Waals surface area (Å²) in [7, 11) is 1.90. The summed E-state index contributed by atoms with van der Waals surface area (Å²) < 4.78 is 1.81. The van der Waals surface area contributed by atoms with Crippen LogP contribution in [0, 0.1) is 6.92 Å². The van der Waals surface area contributed by atoms with Crippen LogP contribution >= 0.6 is 11.6 Å². The van der Waals surface area contributed by atoms with Crippen molar-refractivity contribution in [2.24, 2.45) is 12.8 Å². The zero-order chi connectivity index (χ0) is 12.4. The van der Waals surface area contributed by atoms with E-state index in [2.05, 4.69) is 10.1 Å². The molecule has 0 saturated heterocycles. The lowest BCUT2D eigenvalue weighted by atomic mass is 10.0. The van der Waals surface area contributed by atoms with Gasteiger partial charge in [0.25, 0.3) is 0 Å². The molecule has 0 aliphatic rings. The van der Waals surface area contributed by atoms with Gasteiger partial charge in [0.05, 0.1) is 22.5 Å². The standard InChI is InChI=1S/C12H15ClN4/c1-8-5-12(17(2)16-8)11(14)6-9-3-4-15-7-10(9)13/h3-5,7,11H,6,14H2,1-2H3. The minimum atomic E-state index is -0.110. The fourth-order valence-corrected chi connectivity index (χ4v) is 2.09. The second kappa shape index (κ2) is 4.85. The largest absolute Gasteiger partial charge is 0.322 e. The molecule has 0 saturated carbocycles. The van der Waals surface area contributed by atoms with Gasteiger partial charge in [0, 0.05) is 19.4 Å². The monoisotopic (exact) mass is 250 g/mol. The van der Waals surface area contributed by atoms with Crippen LogP contribution in [0.4, 0.5) is 0 Å². The highest BCUT2D eigenvalue weighted by Crippen LogP contribution is 2.21. The average molecular weight is 251 g/mol. The highest BCUT2D eigenvalue weighted by molar-refractivity contribution is 6.31. The molecule has 4 nitrogen and oxygen atoms in total. The van der Waals surface area contributed by atoms with Crippen LogP contribution in [-0.4, -0.2) is 14.8 Å². The van der Waals surface area contributed by atoms with Crippen molar-refractivity contribution >= 4 is 11.6 Å². The molecule has 0 radical (unpaired) electrons. The topological polar surface area (TPSA) is 56.7 Å². The van der Waals surface area contributed by atoms with E-state index in [1.807, 2.05) is 30.8 Å². The van der Waals surface area contributed by atoms with Crippen molar-refractivity contribution in [3.8, 4) is 0 Å². The predicted molar refractivity (Wildman–Crippen MR) is 67.8 cm³/mol. The smallest absolute Gasteiger partial charge is 0.0622 e. The van der Waals surface area contributed by atoms with Crippen molar-refractivity contribution in [2.75, 3.05) is 0 Å². The van der Waals surface area contributed by atoms with E-state index in [1.165, 1.54) is 0 Å². The SMILES string of the molecule is Cc1cc(C(N)Cc2ccncc2Cl)n(C)n1. The van der Waals surface area contributed by atoms with Crippen molar-refractivity contribution in [3.05, 3.63) is 46.5 Å². The first-order chi connectivity index (χ1) is 8.08. The lowest BCUT2D eigenvalue weighted by molar-refractivity contribution is 0.615. The summed E-state index contributed by atoms with van der Waals surface area (Å²) in [6.07, 6.45) is 4.04. The number of nitrogens with zero attached hydrogens (tertiary/aromatic N) is 3. The number of pyridine rings is 1. The minimum Gasteiger partial charge on any atom is -0.322 e. The first-order valence-electron chi connectivity index (χ1n) is 5.42. The molecule has 0 aliphatic heterocycles. The maximum Gasteiger partial charge on any atom is 0.0622 e. The van der Waals surface area contributed by atoms with Crippen molar-refractivity contribution in [3.63, 3.8) is 0 Å². The molecule has 90 valence electrons. The number of hydrogen-bond donors (Lipinski definition) is 1. The second-order valence-electron chi connectivity index (χ2n) is 4.11. The molecular formula is C12H15ClN4. The average Bonchev–Trinajstić information content (AvgIpc) is 2.61. The highest BCUT2D eigenvalue weighted by atomic mass is 35.5. The summed E-state index contributed by atoms with van der Waals surface area (Å²) in [5, 5.41) is 4.94. The van der Waals surface area contributed by atoms with Gasteiger partial charge in [0.1, 0.15) is 0 Å². The van der Waals surface area contributed by atoms with Crippen molar-refractivity contribution in [1.82, 2.24) is 14.8 Å². The van der Waals surface area contributed by atoms with Crippen LogP contribution in [0.5, 0.6) is 0 Å². The fraction of sp³-hybridized carbons (Fsp3) is 0.333. The molecule has 0 fully saturated rings. The first-order valence-corrected chi connectivity index (χ1v) is 5.80. The van der Waals surface area contributed by atoms with E-state index in [4.69, 9.17) is 17.3 Å². The van der Waals surface area contributed by atoms with Gasteiger partial charge in [-0.25, -0.2) is 0 Å². The second-order valence-corrected chi connectivity index (χ2v) is 4.52. The first kappa shape index (κ1) is 12.1. The zero-order valence-corrected chi connectivity index (χ0v) is 10.6. The molecule has 1 unspecified atom stereocenters. The number of hydrogen-bond acceptors (Lipinski definition) is 3. The molecule has 0 aromatic carbocycles. The maximum absolute atomic E-state index is 6.17. The Labute approximate surface area is 105 Å². The normalized spacial score (nSPS) is 12.7.